The van der Waals surface area contributed by atoms with Crippen LogP contribution in [0.25, 0.3) is 0 Å². The lowest BCUT2D eigenvalue weighted by molar-refractivity contribution is 0.0926. The summed E-state index contributed by atoms with van der Waals surface area (Å²) in [5.74, 6) is -0.887. The lowest BCUT2D eigenvalue weighted by Crippen LogP contribution is -2.29. The molecule has 0 radical (unpaired) electrons. The Balaban J connectivity index is 1.71. The van der Waals surface area contributed by atoms with Crippen LogP contribution in [0.1, 0.15) is 26.3 Å². The number of hydrogen-bond acceptors (Lipinski definition) is 5. The minimum absolute atomic E-state index is 0.0128. The van der Waals surface area contributed by atoms with Crippen LogP contribution < -0.4 is 9.08 Å². The molecule has 1 aliphatic rings. The quantitative estimate of drug-likeness (QED) is 0.500. The molecule has 4 rings (SSSR count). The summed E-state index contributed by atoms with van der Waals surface area (Å²) >= 11 is 0. The van der Waals surface area contributed by atoms with Crippen molar-refractivity contribution in [3.05, 3.63) is 89.5 Å². The zero-order chi connectivity index (χ0) is 19.9. The van der Waals surface area contributed by atoms with E-state index in [4.69, 9.17) is 4.18 Å². The lowest BCUT2D eigenvalue weighted by Gasteiger charge is -2.16. The van der Waals surface area contributed by atoms with Crippen LogP contribution in [0, 0.1) is 6.92 Å². The van der Waals surface area contributed by atoms with E-state index in [1.807, 2.05) is 0 Å². The average Bonchev–Trinajstić information content (AvgIpc) is 2.93. The molecule has 2 amide bonds. The molecule has 0 spiro atoms. The van der Waals surface area contributed by atoms with E-state index in [1.54, 1.807) is 55.5 Å². The van der Waals surface area contributed by atoms with Crippen molar-refractivity contribution in [3.63, 3.8) is 0 Å². The van der Waals surface area contributed by atoms with Crippen molar-refractivity contribution in [2.45, 2.75) is 11.8 Å². The second-order valence-electron chi connectivity index (χ2n) is 6.35. The smallest absolute Gasteiger partial charge is 0.339 e. The zero-order valence-corrected chi connectivity index (χ0v) is 15.6. The first-order valence-electron chi connectivity index (χ1n) is 8.46. The second-order valence-corrected chi connectivity index (χ2v) is 7.89. The Morgan fingerprint density at radius 1 is 0.786 bits per heavy atom. The number of anilines is 1. The Labute approximate surface area is 162 Å². The summed E-state index contributed by atoms with van der Waals surface area (Å²) in [5, 5.41) is 0. The highest BCUT2D eigenvalue weighted by Gasteiger charge is 2.36. The van der Waals surface area contributed by atoms with Crippen LogP contribution in [0.5, 0.6) is 5.75 Å². The minimum atomic E-state index is -4.04. The molecule has 0 aliphatic carbocycles. The number of carbonyl (C=O) groups excluding carboxylic acids is 2. The van der Waals surface area contributed by atoms with Crippen molar-refractivity contribution < 1.29 is 22.2 Å². The van der Waals surface area contributed by atoms with Gasteiger partial charge in [-0.1, -0.05) is 30.3 Å². The molecule has 0 atom stereocenters. The van der Waals surface area contributed by atoms with Crippen LogP contribution in [0.2, 0.25) is 0 Å². The molecule has 0 N–H and O–H groups in total. The van der Waals surface area contributed by atoms with Crippen LogP contribution in [-0.2, 0) is 10.1 Å². The van der Waals surface area contributed by atoms with Crippen molar-refractivity contribution >= 4 is 27.6 Å². The summed E-state index contributed by atoms with van der Waals surface area (Å²) in [6.45, 7) is 1.73. The van der Waals surface area contributed by atoms with Crippen molar-refractivity contribution in [2.24, 2.45) is 0 Å². The molecule has 0 bridgehead atoms. The van der Waals surface area contributed by atoms with Gasteiger partial charge in [0.1, 0.15) is 10.6 Å². The fraction of sp³-hybridized carbons (Fsp3) is 0.0476. The van der Waals surface area contributed by atoms with Gasteiger partial charge in [-0.05, 0) is 48.9 Å². The van der Waals surface area contributed by atoms with Crippen molar-refractivity contribution in [1.29, 1.82) is 0 Å². The van der Waals surface area contributed by atoms with Gasteiger partial charge in [0, 0.05) is 6.07 Å². The van der Waals surface area contributed by atoms with Gasteiger partial charge in [0.05, 0.1) is 16.8 Å². The summed E-state index contributed by atoms with van der Waals surface area (Å²) < 4.78 is 30.2. The van der Waals surface area contributed by atoms with E-state index in [0.29, 0.717) is 16.7 Å². The number of benzene rings is 3. The van der Waals surface area contributed by atoms with Gasteiger partial charge in [-0.2, -0.15) is 8.42 Å². The highest BCUT2D eigenvalue weighted by Crippen LogP contribution is 2.32. The van der Waals surface area contributed by atoms with Gasteiger partial charge in [-0.15, -0.1) is 0 Å². The first-order valence-corrected chi connectivity index (χ1v) is 9.87. The minimum Gasteiger partial charge on any atom is -0.379 e. The van der Waals surface area contributed by atoms with Gasteiger partial charge in [-0.25, -0.2) is 4.90 Å². The molecular weight excluding hydrogens is 378 g/mol. The number of aryl methyl sites for hydroxylation is 1. The monoisotopic (exact) mass is 393 g/mol. The molecule has 0 saturated heterocycles. The van der Waals surface area contributed by atoms with Crippen molar-refractivity contribution in [1.82, 2.24) is 0 Å². The number of amides is 2. The van der Waals surface area contributed by atoms with Gasteiger partial charge in [0.2, 0.25) is 0 Å². The molecule has 3 aromatic rings. The first-order chi connectivity index (χ1) is 13.4. The normalized spacial score (nSPS) is 13.5. The molecule has 0 saturated carbocycles. The summed E-state index contributed by atoms with van der Waals surface area (Å²) in [7, 11) is -4.04. The maximum absolute atomic E-state index is 12.7. The lowest BCUT2D eigenvalue weighted by atomic mass is 10.1. The van der Waals surface area contributed by atoms with Gasteiger partial charge < -0.3 is 4.18 Å². The van der Waals surface area contributed by atoms with E-state index in [0.717, 1.165) is 4.90 Å². The highest BCUT2D eigenvalue weighted by atomic mass is 32.2. The largest absolute Gasteiger partial charge is 0.379 e. The number of carbonyl (C=O) groups is 2. The Bertz CT molecular complexity index is 1170. The van der Waals surface area contributed by atoms with Crippen LogP contribution in [-0.4, -0.2) is 20.2 Å². The third kappa shape index (κ3) is 3.05. The van der Waals surface area contributed by atoms with Crippen LogP contribution in [0.3, 0.4) is 0 Å². The van der Waals surface area contributed by atoms with Gasteiger partial charge in [0.15, 0.2) is 0 Å². The molecule has 0 fully saturated rings. The van der Waals surface area contributed by atoms with Gasteiger partial charge in [0.25, 0.3) is 11.8 Å². The van der Waals surface area contributed by atoms with E-state index >= 15 is 0 Å². The van der Waals surface area contributed by atoms with E-state index < -0.39 is 21.9 Å². The molecule has 6 nitrogen and oxygen atoms in total. The summed E-state index contributed by atoms with van der Waals surface area (Å²) in [4.78, 5) is 26.4. The van der Waals surface area contributed by atoms with E-state index in [1.165, 1.54) is 24.3 Å². The number of hydrogen-bond donors (Lipinski definition) is 0. The fourth-order valence-electron chi connectivity index (χ4n) is 3.09. The van der Waals surface area contributed by atoms with Crippen molar-refractivity contribution in [3.8, 4) is 5.75 Å². The third-order valence-corrected chi connectivity index (χ3v) is 5.59. The van der Waals surface area contributed by atoms with E-state index in [2.05, 4.69) is 0 Å². The maximum atomic E-state index is 12.7. The molecule has 3 aromatic carbocycles. The van der Waals surface area contributed by atoms with E-state index in [9.17, 15) is 18.0 Å². The average molecular weight is 393 g/mol. The fourth-order valence-corrected chi connectivity index (χ4v) is 4.03. The topological polar surface area (TPSA) is 80.8 Å². The molecule has 1 heterocycles. The van der Waals surface area contributed by atoms with E-state index in [-0.39, 0.29) is 16.3 Å². The highest BCUT2D eigenvalue weighted by molar-refractivity contribution is 7.87. The predicted molar refractivity (Wildman–Crippen MR) is 103 cm³/mol. The molecular formula is C21H15NO5S. The van der Waals surface area contributed by atoms with Crippen molar-refractivity contribution in [2.75, 3.05) is 4.90 Å². The Kier molecular flexibility index (Phi) is 4.24. The number of fused-ring (bicyclic) bond motifs is 1. The Morgan fingerprint density at radius 3 is 1.96 bits per heavy atom. The zero-order valence-electron chi connectivity index (χ0n) is 14.8. The second kappa shape index (κ2) is 6.61. The first kappa shape index (κ1) is 17.9. The summed E-state index contributed by atoms with van der Waals surface area (Å²) in [6, 6.07) is 18.8. The summed E-state index contributed by atoms with van der Waals surface area (Å²) in [5.41, 5.74) is 1.53. The number of rotatable bonds is 4. The molecule has 28 heavy (non-hydrogen) atoms. The SMILES string of the molecule is Cc1cc(OS(=O)(=O)c2ccccc2)cc(N2C(=O)c3ccccc3C2=O)c1. The van der Waals surface area contributed by atoms with Crippen LogP contribution >= 0.6 is 0 Å². The molecule has 0 aromatic heterocycles. The van der Waals surface area contributed by atoms with Crippen LogP contribution in [0.15, 0.2) is 77.7 Å². The number of nitrogens with zero attached hydrogens (tertiary/aromatic N) is 1. The van der Waals surface area contributed by atoms with Gasteiger partial charge in [-0.3, -0.25) is 9.59 Å². The molecule has 140 valence electrons. The third-order valence-electron chi connectivity index (χ3n) is 4.33. The Hall–Kier alpha value is -3.45. The summed E-state index contributed by atoms with van der Waals surface area (Å²) in [6.07, 6.45) is 0. The standard InChI is InChI=1S/C21H15NO5S/c1-14-11-15(22-20(23)18-9-5-6-10-19(18)21(22)24)13-16(12-14)27-28(25,26)17-7-3-2-4-8-17/h2-13H,1H3. The molecule has 1 aliphatic heterocycles. The Morgan fingerprint density at radius 2 is 1.36 bits per heavy atom. The van der Waals surface area contributed by atoms with Crippen LogP contribution in [0.4, 0.5) is 5.69 Å². The maximum Gasteiger partial charge on any atom is 0.339 e. The molecule has 7 heteroatoms. The molecule has 0 unspecified atom stereocenters. The van der Waals surface area contributed by atoms with Gasteiger partial charge >= 0.3 is 10.1 Å². The number of imide groups is 1. The predicted octanol–water partition coefficient (Wildman–Crippen LogP) is 3.56.